The first-order chi connectivity index (χ1) is 13.7. The zero-order valence-electron chi connectivity index (χ0n) is 16.1. The number of anilines is 1. The van der Waals surface area contributed by atoms with Crippen LogP contribution in [0.3, 0.4) is 0 Å². The molecule has 142 valence electrons. The fraction of sp³-hybridized carbons (Fsp3) is 0.273. The Kier molecular flexibility index (Phi) is 5.28. The van der Waals surface area contributed by atoms with Gasteiger partial charge in [0, 0.05) is 36.7 Å². The van der Waals surface area contributed by atoms with E-state index in [1.807, 2.05) is 30.5 Å². The lowest BCUT2D eigenvalue weighted by Crippen LogP contribution is -2.09. The summed E-state index contributed by atoms with van der Waals surface area (Å²) in [6, 6.07) is 14.3. The largest absolute Gasteiger partial charge is 0.369 e. The van der Waals surface area contributed by atoms with Gasteiger partial charge >= 0.3 is 0 Å². The van der Waals surface area contributed by atoms with Crippen molar-refractivity contribution in [1.82, 2.24) is 20.1 Å². The number of pyridine rings is 2. The van der Waals surface area contributed by atoms with Crippen molar-refractivity contribution in [3.63, 3.8) is 0 Å². The Balaban J connectivity index is 1.66. The summed E-state index contributed by atoms with van der Waals surface area (Å²) in [5, 5.41) is 8.68. The fourth-order valence-corrected chi connectivity index (χ4v) is 3.14. The van der Waals surface area contributed by atoms with Gasteiger partial charge in [0.2, 0.25) is 11.7 Å². The van der Waals surface area contributed by atoms with E-state index in [-0.39, 0.29) is 0 Å². The maximum atomic E-state index is 5.40. The molecule has 0 radical (unpaired) electrons. The van der Waals surface area contributed by atoms with Gasteiger partial charge in [-0.05, 0) is 43.7 Å². The molecule has 0 spiro atoms. The van der Waals surface area contributed by atoms with Crippen molar-refractivity contribution in [2.75, 3.05) is 11.9 Å². The standard InChI is InChI=1S/C22H23N5O/c1-3-6-20-26-22(27-28-20)18-14-16-13-15(2)8-9-19(16)25-21(18)24-12-10-17-7-4-5-11-23-17/h4-5,7-9,11,13-14H,3,6,10,12H2,1-2H3,(H,24,25). The van der Waals surface area contributed by atoms with Crippen LogP contribution in [0.5, 0.6) is 0 Å². The van der Waals surface area contributed by atoms with Crippen molar-refractivity contribution in [3.8, 4) is 11.4 Å². The van der Waals surface area contributed by atoms with Gasteiger partial charge in [-0.1, -0.05) is 29.8 Å². The summed E-state index contributed by atoms with van der Waals surface area (Å²) < 4.78 is 5.40. The second kappa shape index (κ2) is 8.17. The predicted octanol–water partition coefficient (Wildman–Crippen LogP) is 4.60. The molecule has 0 bridgehead atoms. The molecule has 4 rings (SSSR count). The van der Waals surface area contributed by atoms with E-state index in [0.717, 1.165) is 47.2 Å². The van der Waals surface area contributed by atoms with E-state index < -0.39 is 0 Å². The molecule has 0 aliphatic heterocycles. The molecular formula is C22H23N5O. The van der Waals surface area contributed by atoms with E-state index in [1.54, 1.807) is 0 Å². The third-order valence-corrected chi connectivity index (χ3v) is 4.54. The maximum Gasteiger partial charge on any atom is 0.226 e. The minimum atomic E-state index is 0.569. The molecular weight excluding hydrogens is 350 g/mol. The predicted molar refractivity (Wildman–Crippen MR) is 110 cm³/mol. The van der Waals surface area contributed by atoms with Crippen LogP contribution >= 0.6 is 0 Å². The molecule has 0 aliphatic rings. The van der Waals surface area contributed by atoms with Gasteiger partial charge in [0.1, 0.15) is 5.82 Å². The Bertz CT molecular complexity index is 1070. The van der Waals surface area contributed by atoms with Gasteiger partial charge < -0.3 is 9.84 Å². The van der Waals surface area contributed by atoms with E-state index in [4.69, 9.17) is 9.51 Å². The number of hydrogen-bond acceptors (Lipinski definition) is 6. The third kappa shape index (κ3) is 4.01. The van der Waals surface area contributed by atoms with Crippen LogP contribution in [-0.4, -0.2) is 26.7 Å². The lowest BCUT2D eigenvalue weighted by molar-refractivity contribution is 0.378. The molecule has 0 atom stereocenters. The Morgan fingerprint density at radius 1 is 1.04 bits per heavy atom. The summed E-state index contributed by atoms with van der Waals surface area (Å²) in [5.41, 5.74) is 4.02. The van der Waals surface area contributed by atoms with Crippen LogP contribution in [0.25, 0.3) is 22.3 Å². The van der Waals surface area contributed by atoms with Crippen molar-refractivity contribution >= 4 is 16.7 Å². The lowest BCUT2D eigenvalue weighted by Gasteiger charge is -2.11. The van der Waals surface area contributed by atoms with Gasteiger partial charge in [0.05, 0.1) is 11.1 Å². The van der Waals surface area contributed by atoms with Gasteiger partial charge in [-0.3, -0.25) is 4.98 Å². The molecule has 28 heavy (non-hydrogen) atoms. The van der Waals surface area contributed by atoms with Gasteiger partial charge in [0.15, 0.2) is 0 Å². The first kappa shape index (κ1) is 18.1. The lowest BCUT2D eigenvalue weighted by atomic mass is 10.1. The number of aromatic nitrogens is 4. The molecule has 6 heteroatoms. The third-order valence-electron chi connectivity index (χ3n) is 4.54. The van der Waals surface area contributed by atoms with Crippen LogP contribution < -0.4 is 5.32 Å². The summed E-state index contributed by atoms with van der Waals surface area (Å²) in [6.45, 7) is 4.88. The highest BCUT2D eigenvalue weighted by Gasteiger charge is 2.15. The molecule has 1 aromatic carbocycles. The summed E-state index contributed by atoms with van der Waals surface area (Å²) in [5.74, 6) is 1.98. The Labute approximate surface area is 164 Å². The van der Waals surface area contributed by atoms with Crippen molar-refractivity contribution < 1.29 is 4.52 Å². The van der Waals surface area contributed by atoms with E-state index in [9.17, 15) is 0 Å². The number of fused-ring (bicyclic) bond motifs is 1. The zero-order chi connectivity index (χ0) is 19.3. The highest BCUT2D eigenvalue weighted by Crippen LogP contribution is 2.29. The van der Waals surface area contributed by atoms with Gasteiger partial charge in [-0.15, -0.1) is 0 Å². The average Bonchev–Trinajstić information content (AvgIpc) is 3.17. The number of rotatable bonds is 7. The minimum Gasteiger partial charge on any atom is -0.369 e. The molecule has 0 unspecified atom stereocenters. The number of nitrogens with zero attached hydrogens (tertiary/aromatic N) is 4. The van der Waals surface area contributed by atoms with Gasteiger partial charge in [0.25, 0.3) is 0 Å². The monoisotopic (exact) mass is 373 g/mol. The molecule has 0 aliphatic carbocycles. The van der Waals surface area contributed by atoms with Gasteiger partial charge in [-0.2, -0.15) is 4.98 Å². The number of aryl methyl sites for hydroxylation is 2. The van der Waals surface area contributed by atoms with Crippen LogP contribution in [0.1, 0.15) is 30.5 Å². The van der Waals surface area contributed by atoms with Crippen LogP contribution in [0.15, 0.2) is 53.2 Å². The molecule has 0 saturated carbocycles. The van der Waals surface area contributed by atoms with Crippen LogP contribution in [0.2, 0.25) is 0 Å². The molecule has 0 amide bonds. The highest BCUT2D eigenvalue weighted by atomic mass is 16.5. The fourth-order valence-electron chi connectivity index (χ4n) is 3.14. The van der Waals surface area contributed by atoms with Crippen molar-refractivity contribution in [2.24, 2.45) is 0 Å². The molecule has 3 aromatic heterocycles. The summed E-state index contributed by atoms with van der Waals surface area (Å²) >= 11 is 0. The average molecular weight is 373 g/mol. The second-order valence-electron chi connectivity index (χ2n) is 6.84. The normalized spacial score (nSPS) is 11.1. The van der Waals surface area contributed by atoms with E-state index >= 15 is 0 Å². The quantitative estimate of drug-likeness (QED) is 0.510. The number of hydrogen-bond donors (Lipinski definition) is 1. The van der Waals surface area contributed by atoms with E-state index in [2.05, 4.69) is 52.5 Å². The van der Waals surface area contributed by atoms with Crippen LogP contribution in [0.4, 0.5) is 5.82 Å². The SMILES string of the molecule is CCCc1nc(-c2cc3cc(C)ccc3nc2NCCc2ccccn2)no1. The topological polar surface area (TPSA) is 76.7 Å². The zero-order valence-corrected chi connectivity index (χ0v) is 16.1. The molecule has 0 saturated heterocycles. The van der Waals surface area contributed by atoms with Crippen molar-refractivity contribution in [2.45, 2.75) is 33.1 Å². The van der Waals surface area contributed by atoms with Crippen molar-refractivity contribution in [1.29, 1.82) is 0 Å². The summed E-state index contributed by atoms with van der Waals surface area (Å²) in [7, 11) is 0. The highest BCUT2D eigenvalue weighted by molar-refractivity contribution is 5.88. The second-order valence-corrected chi connectivity index (χ2v) is 6.84. The van der Waals surface area contributed by atoms with Gasteiger partial charge in [-0.25, -0.2) is 4.98 Å². The smallest absolute Gasteiger partial charge is 0.226 e. The summed E-state index contributed by atoms with van der Waals surface area (Å²) in [6.07, 6.45) is 4.36. The van der Waals surface area contributed by atoms with Crippen LogP contribution in [-0.2, 0) is 12.8 Å². The number of benzene rings is 1. The number of nitrogens with one attached hydrogen (secondary N) is 1. The Morgan fingerprint density at radius 2 is 1.96 bits per heavy atom. The van der Waals surface area contributed by atoms with Crippen LogP contribution in [0, 0.1) is 6.92 Å². The molecule has 0 fully saturated rings. The minimum absolute atomic E-state index is 0.569. The van der Waals surface area contributed by atoms with Crippen molar-refractivity contribution in [3.05, 3.63) is 65.8 Å². The molecule has 6 nitrogen and oxygen atoms in total. The Morgan fingerprint density at radius 3 is 2.79 bits per heavy atom. The Hall–Kier alpha value is -3.28. The first-order valence-corrected chi connectivity index (χ1v) is 9.61. The van der Waals surface area contributed by atoms with E-state index in [0.29, 0.717) is 18.3 Å². The summed E-state index contributed by atoms with van der Waals surface area (Å²) in [4.78, 5) is 13.8. The molecule has 1 N–H and O–H groups in total. The maximum absolute atomic E-state index is 5.40. The van der Waals surface area contributed by atoms with E-state index in [1.165, 1.54) is 5.56 Å². The molecule has 4 aromatic rings. The molecule has 3 heterocycles. The first-order valence-electron chi connectivity index (χ1n) is 9.61.